The van der Waals surface area contributed by atoms with Crippen molar-refractivity contribution in [2.24, 2.45) is 0 Å². The maximum atomic E-state index is 5.68. The molecule has 2 aromatic rings. The summed E-state index contributed by atoms with van der Waals surface area (Å²) in [4.78, 5) is 12.6. The summed E-state index contributed by atoms with van der Waals surface area (Å²) in [6.45, 7) is 0. The van der Waals surface area contributed by atoms with Gasteiger partial charge in [0, 0.05) is 0 Å². The van der Waals surface area contributed by atoms with E-state index in [0.29, 0.717) is 11.6 Å². The number of nitrogens with zero attached hydrogens (tertiary/aromatic N) is 2. The van der Waals surface area contributed by atoms with Gasteiger partial charge in [0.05, 0.1) is 0 Å². The Labute approximate surface area is 114 Å². The van der Waals surface area contributed by atoms with Crippen molar-refractivity contribution >= 4 is 19.8 Å². The molecule has 5 heteroatoms. The number of hydrogen-bond donors (Lipinski definition) is 0. The number of halogens is 1. The first-order valence-corrected chi connectivity index (χ1v) is 10.7. The molecule has 1 aromatic carbocycles. The Bertz CT molecular complexity index is 515. The van der Waals surface area contributed by atoms with E-state index in [9.17, 15) is 0 Å². The van der Waals surface area contributed by atoms with Gasteiger partial charge in [-0.1, -0.05) is 0 Å². The SMILES string of the molecule is COc1cncnc1Oc1ccc(I(C)C)cc1. The zero-order chi connectivity index (χ0) is 13.0. The second-order valence-electron chi connectivity index (χ2n) is 3.71. The maximum absolute atomic E-state index is 5.68. The molecule has 0 N–H and O–H groups in total. The first-order chi connectivity index (χ1) is 8.70. The van der Waals surface area contributed by atoms with Crippen LogP contribution < -0.4 is 9.47 Å². The number of benzene rings is 1. The van der Waals surface area contributed by atoms with Crippen molar-refractivity contribution in [2.75, 3.05) is 17.0 Å². The molecular weight excluding hydrogens is 343 g/mol. The molecule has 0 aliphatic rings. The third-order valence-corrected chi connectivity index (χ3v) is 5.54. The predicted molar refractivity (Wildman–Crippen MR) is 79.7 cm³/mol. The fraction of sp³-hybridized carbons (Fsp3) is 0.231. The second-order valence-corrected chi connectivity index (χ2v) is 9.27. The molecular formula is C13H15IN2O2. The van der Waals surface area contributed by atoms with Crippen molar-refractivity contribution in [1.82, 2.24) is 9.97 Å². The molecule has 0 bridgehead atoms. The predicted octanol–water partition coefficient (Wildman–Crippen LogP) is 3.21. The Balaban J connectivity index is 2.18. The van der Waals surface area contributed by atoms with Gasteiger partial charge in [0.2, 0.25) is 0 Å². The normalized spacial score (nSPS) is 10.9. The standard InChI is InChI=1S/C13H15IN2O2/c1-14(2)10-4-6-11(7-5-10)18-13-12(17-3)8-15-9-16-13/h4-9H,1-3H3. The molecule has 1 aromatic heterocycles. The molecule has 96 valence electrons. The Morgan fingerprint density at radius 1 is 1.11 bits per heavy atom. The molecule has 0 radical (unpaired) electrons. The van der Waals surface area contributed by atoms with Crippen LogP contribution in [0.15, 0.2) is 36.8 Å². The summed E-state index contributed by atoms with van der Waals surface area (Å²) in [5, 5.41) is 0. The van der Waals surface area contributed by atoms with E-state index in [1.54, 1.807) is 13.3 Å². The monoisotopic (exact) mass is 358 g/mol. The third kappa shape index (κ3) is 3.10. The van der Waals surface area contributed by atoms with Gasteiger partial charge >= 0.3 is 114 Å². The van der Waals surface area contributed by atoms with E-state index in [2.05, 4.69) is 32.0 Å². The first kappa shape index (κ1) is 13.1. The molecule has 0 spiro atoms. The fourth-order valence-electron chi connectivity index (χ4n) is 1.39. The van der Waals surface area contributed by atoms with Crippen LogP contribution in [0.2, 0.25) is 0 Å². The molecule has 0 saturated heterocycles. The molecule has 0 fully saturated rings. The third-order valence-electron chi connectivity index (χ3n) is 2.33. The topological polar surface area (TPSA) is 44.2 Å². The van der Waals surface area contributed by atoms with Gasteiger partial charge < -0.3 is 0 Å². The van der Waals surface area contributed by atoms with E-state index in [0.717, 1.165) is 5.75 Å². The summed E-state index contributed by atoms with van der Waals surface area (Å²) in [6, 6.07) is 8.17. The minimum absolute atomic E-state index is 0.434. The summed E-state index contributed by atoms with van der Waals surface area (Å²) >= 11 is -0.918. The average molecular weight is 358 g/mol. The Morgan fingerprint density at radius 3 is 2.44 bits per heavy atom. The summed E-state index contributed by atoms with van der Waals surface area (Å²) in [7, 11) is 1.57. The Kier molecular flexibility index (Phi) is 4.35. The van der Waals surface area contributed by atoms with Crippen LogP contribution in [0.3, 0.4) is 0 Å². The van der Waals surface area contributed by atoms with Crippen LogP contribution in [0, 0.1) is 3.57 Å². The van der Waals surface area contributed by atoms with Gasteiger partial charge in [0.1, 0.15) is 0 Å². The molecule has 18 heavy (non-hydrogen) atoms. The van der Waals surface area contributed by atoms with Crippen LogP contribution in [0.5, 0.6) is 17.4 Å². The molecule has 0 aliphatic heterocycles. The van der Waals surface area contributed by atoms with Crippen LogP contribution in [0.25, 0.3) is 0 Å². The van der Waals surface area contributed by atoms with Crippen molar-refractivity contribution in [2.45, 2.75) is 0 Å². The van der Waals surface area contributed by atoms with Crippen LogP contribution in [-0.2, 0) is 0 Å². The zero-order valence-corrected chi connectivity index (χ0v) is 12.7. The molecule has 4 nitrogen and oxygen atoms in total. The molecule has 0 atom stereocenters. The number of rotatable bonds is 4. The molecule has 1 heterocycles. The van der Waals surface area contributed by atoms with E-state index >= 15 is 0 Å². The number of methoxy groups -OCH3 is 1. The Hall–Kier alpha value is -1.37. The van der Waals surface area contributed by atoms with Gasteiger partial charge in [-0.05, 0) is 0 Å². The van der Waals surface area contributed by atoms with Crippen LogP contribution in [-0.4, -0.2) is 26.9 Å². The van der Waals surface area contributed by atoms with Crippen LogP contribution in [0.4, 0.5) is 0 Å². The summed E-state index contributed by atoms with van der Waals surface area (Å²) < 4.78 is 12.2. The van der Waals surface area contributed by atoms with E-state index in [1.807, 2.05) is 12.1 Å². The average Bonchev–Trinajstić information content (AvgIpc) is 2.40. The molecule has 2 rings (SSSR count). The van der Waals surface area contributed by atoms with Crippen molar-refractivity contribution < 1.29 is 9.47 Å². The molecule has 0 saturated carbocycles. The van der Waals surface area contributed by atoms with Crippen molar-refractivity contribution in [3.05, 3.63) is 40.4 Å². The minimum atomic E-state index is -0.918. The van der Waals surface area contributed by atoms with Gasteiger partial charge in [0.25, 0.3) is 0 Å². The van der Waals surface area contributed by atoms with Gasteiger partial charge in [-0.2, -0.15) is 0 Å². The van der Waals surface area contributed by atoms with E-state index in [1.165, 1.54) is 9.90 Å². The number of alkyl halides is 2. The summed E-state index contributed by atoms with van der Waals surface area (Å²) in [5.41, 5.74) is 0. The zero-order valence-electron chi connectivity index (χ0n) is 10.6. The van der Waals surface area contributed by atoms with Gasteiger partial charge in [-0.15, -0.1) is 0 Å². The molecule has 0 aliphatic carbocycles. The molecule has 0 unspecified atom stereocenters. The molecule has 0 amide bonds. The number of aromatic nitrogens is 2. The van der Waals surface area contributed by atoms with Crippen molar-refractivity contribution in [3.8, 4) is 17.4 Å². The van der Waals surface area contributed by atoms with E-state index < -0.39 is 19.8 Å². The van der Waals surface area contributed by atoms with Gasteiger partial charge in [-0.25, -0.2) is 0 Å². The Morgan fingerprint density at radius 2 is 1.83 bits per heavy atom. The van der Waals surface area contributed by atoms with Crippen molar-refractivity contribution in [3.63, 3.8) is 0 Å². The number of hydrogen-bond acceptors (Lipinski definition) is 4. The van der Waals surface area contributed by atoms with E-state index in [-0.39, 0.29) is 0 Å². The quantitative estimate of drug-likeness (QED) is 0.622. The van der Waals surface area contributed by atoms with Crippen molar-refractivity contribution in [1.29, 1.82) is 0 Å². The number of ether oxygens (including phenoxy) is 2. The second kappa shape index (κ2) is 5.99. The summed E-state index contributed by atoms with van der Waals surface area (Å²) in [5.74, 6) is 1.72. The van der Waals surface area contributed by atoms with Crippen LogP contribution >= 0.6 is 19.8 Å². The van der Waals surface area contributed by atoms with Gasteiger partial charge in [0.15, 0.2) is 0 Å². The van der Waals surface area contributed by atoms with Gasteiger partial charge in [-0.3, -0.25) is 0 Å². The summed E-state index contributed by atoms with van der Waals surface area (Å²) in [6.07, 6.45) is 3.02. The van der Waals surface area contributed by atoms with Crippen LogP contribution in [0.1, 0.15) is 0 Å². The van der Waals surface area contributed by atoms with E-state index in [4.69, 9.17) is 9.47 Å². The fourth-order valence-corrected chi connectivity index (χ4v) is 3.19. The first-order valence-electron chi connectivity index (χ1n) is 5.32.